The summed E-state index contributed by atoms with van der Waals surface area (Å²) in [6.45, 7) is 10.1. The monoisotopic (exact) mass is 402 g/mol. The number of hydrogen-bond acceptors (Lipinski definition) is 2. The Balaban J connectivity index is 1.70. The number of fused-ring (bicyclic) bond motifs is 2. The van der Waals surface area contributed by atoms with E-state index in [-0.39, 0.29) is 12.4 Å². The zero-order valence-corrected chi connectivity index (χ0v) is 17.6. The summed E-state index contributed by atoms with van der Waals surface area (Å²) in [4.78, 5) is 5.47. The average Bonchev–Trinajstić information content (AvgIpc) is 2.84. The van der Waals surface area contributed by atoms with Gasteiger partial charge < -0.3 is 14.9 Å². The third-order valence-corrected chi connectivity index (χ3v) is 7.50. The van der Waals surface area contributed by atoms with Crippen molar-refractivity contribution >= 4 is 11.8 Å². The van der Waals surface area contributed by atoms with Crippen molar-refractivity contribution in [1.82, 2.24) is 0 Å². The van der Waals surface area contributed by atoms with Gasteiger partial charge in [-0.05, 0) is 41.3 Å². The van der Waals surface area contributed by atoms with Crippen LogP contribution in [-0.2, 0) is 6.42 Å². The molecule has 2 heterocycles. The second kappa shape index (κ2) is 8.54. The summed E-state index contributed by atoms with van der Waals surface area (Å²) in [6, 6.07) is 12.6. The van der Waals surface area contributed by atoms with Crippen LogP contribution in [0.25, 0.3) is 0 Å². The first kappa shape index (κ1) is 19.9. The van der Waals surface area contributed by atoms with E-state index in [9.17, 15) is 9.50 Å². The smallest absolute Gasteiger partial charge is 0.128 e. The van der Waals surface area contributed by atoms with Crippen LogP contribution in [0.5, 0.6) is 0 Å². The predicted octanol–water partition coefficient (Wildman–Crippen LogP) is 1.47. The van der Waals surface area contributed by atoms with E-state index in [0.29, 0.717) is 12.0 Å². The van der Waals surface area contributed by atoms with Crippen molar-refractivity contribution < 1.29 is 19.3 Å². The molecule has 150 valence electrons. The summed E-state index contributed by atoms with van der Waals surface area (Å²) in [5.41, 5.74) is 4.06. The van der Waals surface area contributed by atoms with Gasteiger partial charge in [0, 0.05) is 21.8 Å². The number of rotatable bonds is 4. The van der Waals surface area contributed by atoms with Crippen LogP contribution in [0.2, 0.25) is 0 Å². The minimum absolute atomic E-state index is 0.154. The number of aliphatic hydroxyl groups is 1. The van der Waals surface area contributed by atoms with Crippen LogP contribution < -0.4 is 9.80 Å². The van der Waals surface area contributed by atoms with Gasteiger partial charge in [0.1, 0.15) is 44.6 Å². The van der Waals surface area contributed by atoms with Crippen LogP contribution in [0.4, 0.5) is 4.39 Å². The lowest BCUT2D eigenvalue weighted by Crippen LogP contribution is -3.28. The summed E-state index contributed by atoms with van der Waals surface area (Å²) >= 11 is 1.72. The van der Waals surface area contributed by atoms with Crippen LogP contribution in [0.1, 0.15) is 42.5 Å². The molecule has 28 heavy (non-hydrogen) atoms. The predicted molar refractivity (Wildman–Crippen MR) is 111 cm³/mol. The van der Waals surface area contributed by atoms with Crippen molar-refractivity contribution in [1.29, 1.82) is 0 Å². The van der Waals surface area contributed by atoms with Gasteiger partial charge in [0.2, 0.25) is 0 Å². The molecule has 0 aromatic heterocycles. The fraction of sp³-hybridized carbons (Fsp3) is 0.478. The van der Waals surface area contributed by atoms with Gasteiger partial charge in [0.05, 0.1) is 6.61 Å². The fourth-order valence-electron chi connectivity index (χ4n) is 4.58. The van der Waals surface area contributed by atoms with Crippen molar-refractivity contribution in [3.8, 4) is 0 Å². The van der Waals surface area contributed by atoms with Crippen molar-refractivity contribution in [2.75, 3.05) is 39.3 Å². The summed E-state index contributed by atoms with van der Waals surface area (Å²) in [5, 5.41) is 9.25. The first-order valence-corrected chi connectivity index (χ1v) is 11.3. The van der Waals surface area contributed by atoms with Gasteiger partial charge in [-0.15, -0.1) is 0 Å². The van der Waals surface area contributed by atoms with Gasteiger partial charge >= 0.3 is 0 Å². The fourth-order valence-corrected chi connectivity index (χ4v) is 5.72. The Morgan fingerprint density at radius 1 is 1.07 bits per heavy atom. The van der Waals surface area contributed by atoms with Gasteiger partial charge in [-0.1, -0.05) is 37.7 Å². The van der Waals surface area contributed by atoms with Crippen molar-refractivity contribution in [2.45, 2.75) is 42.0 Å². The molecule has 2 aromatic rings. The molecule has 0 saturated carbocycles. The molecule has 0 amide bonds. The lowest BCUT2D eigenvalue weighted by molar-refractivity contribution is -1.03. The van der Waals surface area contributed by atoms with E-state index >= 15 is 0 Å². The molecule has 3 N–H and O–H groups in total. The Bertz CT molecular complexity index is 833. The van der Waals surface area contributed by atoms with Gasteiger partial charge in [0.25, 0.3) is 0 Å². The third-order valence-electron chi connectivity index (χ3n) is 6.31. The number of piperazine rings is 1. The Hall–Kier alpha value is -1.40. The molecule has 4 rings (SSSR count). The van der Waals surface area contributed by atoms with Crippen molar-refractivity contribution in [3.63, 3.8) is 0 Å². The Labute approximate surface area is 171 Å². The largest absolute Gasteiger partial charge is 0.391 e. The highest BCUT2D eigenvalue weighted by atomic mass is 32.2. The number of halogens is 1. The second-order valence-corrected chi connectivity index (χ2v) is 9.53. The van der Waals surface area contributed by atoms with Crippen LogP contribution in [0.3, 0.4) is 0 Å². The molecule has 2 aromatic carbocycles. The zero-order chi connectivity index (χ0) is 19.7. The maximum atomic E-state index is 13.9. The van der Waals surface area contributed by atoms with Gasteiger partial charge in [-0.2, -0.15) is 0 Å². The SMILES string of the molecule is CC(C)c1ccc2c(c1)[C@H]([NH+]1CC[NH+](CCO)CC1)Cc1ccc(F)cc1S2. The highest BCUT2D eigenvalue weighted by Crippen LogP contribution is 2.41. The van der Waals surface area contributed by atoms with Crippen LogP contribution >= 0.6 is 11.8 Å². The molecule has 0 aliphatic carbocycles. The van der Waals surface area contributed by atoms with E-state index in [1.165, 1.54) is 26.5 Å². The molecule has 0 radical (unpaired) electrons. The highest BCUT2D eigenvalue weighted by molar-refractivity contribution is 7.99. The Morgan fingerprint density at radius 3 is 2.57 bits per heavy atom. The number of quaternary nitrogens is 2. The first-order chi connectivity index (χ1) is 13.5. The highest BCUT2D eigenvalue weighted by Gasteiger charge is 2.34. The number of aliphatic hydroxyl groups excluding tert-OH is 1. The quantitative estimate of drug-likeness (QED) is 0.723. The van der Waals surface area contributed by atoms with E-state index in [1.54, 1.807) is 28.8 Å². The maximum Gasteiger partial charge on any atom is 0.128 e. The molecule has 0 bridgehead atoms. The lowest BCUT2D eigenvalue weighted by atomic mass is 9.93. The van der Waals surface area contributed by atoms with Crippen LogP contribution in [-0.4, -0.2) is 44.4 Å². The Kier molecular flexibility index (Phi) is 6.07. The molecular formula is C23H31FN2OS+2. The second-order valence-electron chi connectivity index (χ2n) is 8.44. The first-order valence-electron chi connectivity index (χ1n) is 10.4. The number of nitrogens with one attached hydrogen (secondary N) is 2. The standard InChI is InChI=1S/C23H29FN2OS/c1-16(2)17-4-6-22-20(13-17)21(26-9-7-25(8-10-26)11-12-27)14-18-3-5-19(24)15-23(18)28-22/h3-6,13,15-16,21,27H,7-12,14H2,1-2H3/p+2/t21-/m1/s1. The zero-order valence-electron chi connectivity index (χ0n) is 16.8. The summed E-state index contributed by atoms with van der Waals surface area (Å²) in [7, 11) is 0. The molecule has 5 heteroatoms. The van der Waals surface area contributed by atoms with E-state index < -0.39 is 0 Å². The van der Waals surface area contributed by atoms with Gasteiger partial charge in [-0.3, -0.25) is 0 Å². The summed E-state index contributed by atoms with van der Waals surface area (Å²) in [6.07, 6.45) is 0.960. The van der Waals surface area contributed by atoms with Crippen LogP contribution in [0, 0.1) is 5.82 Å². The number of hydrogen-bond donors (Lipinski definition) is 3. The molecule has 0 unspecified atom stereocenters. The lowest BCUT2D eigenvalue weighted by Gasteiger charge is -2.35. The molecule has 3 nitrogen and oxygen atoms in total. The minimum Gasteiger partial charge on any atom is -0.391 e. The number of benzene rings is 2. The van der Waals surface area contributed by atoms with E-state index in [4.69, 9.17) is 0 Å². The van der Waals surface area contributed by atoms with E-state index in [1.807, 2.05) is 6.07 Å². The van der Waals surface area contributed by atoms with Gasteiger partial charge in [-0.25, -0.2) is 4.39 Å². The Morgan fingerprint density at radius 2 is 1.86 bits per heavy atom. The molecule has 2 aliphatic heterocycles. The van der Waals surface area contributed by atoms with E-state index in [0.717, 1.165) is 44.0 Å². The topological polar surface area (TPSA) is 29.1 Å². The average molecular weight is 403 g/mol. The van der Waals surface area contributed by atoms with Crippen LogP contribution in [0.15, 0.2) is 46.2 Å². The van der Waals surface area contributed by atoms with E-state index in [2.05, 4.69) is 32.0 Å². The van der Waals surface area contributed by atoms with Crippen molar-refractivity contribution in [2.24, 2.45) is 0 Å². The van der Waals surface area contributed by atoms with Crippen molar-refractivity contribution in [3.05, 3.63) is 58.9 Å². The normalized spacial score (nSPS) is 24.5. The molecule has 1 atom stereocenters. The molecular weight excluding hydrogens is 371 g/mol. The van der Waals surface area contributed by atoms with Gasteiger partial charge in [0.15, 0.2) is 0 Å². The minimum atomic E-state index is -0.154. The summed E-state index contributed by atoms with van der Waals surface area (Å²) in [5.74, 6) is 0.346. The maximum absolute atomic E-state index is 13.9. The third kappa shape index (κ3) is 4.13. The molecule has 1 fully saturated rings. The molecule has 1 saturated heterocycles. The molecule has 0 spiro atoms. The summed E-state index contributed by atoms with van der Waals surface area (Å²) < 4.78 is 13.9. The molecule has 2 aliphatic rings.